The number of hydrogen-bond donors (Lipinski definition) is 2. The molecule has 2 aliphatic rings. The average molecular weight is 479 g/mol. The van der Waals surface area contributed by atoms with Gasteiger partial charge in [-0.2, -0.15) is 0 Å². The van der Waals surface area contributed by atoms with Gasteiger partial charge < -0.3 is 25.6 Å². The number of carbonyl (C=O) groups excluding carboxylic acids is 3. The Balaban J connectivity index is 1.31. The highest BCUT2D eigenvalue weighted by molar-refractivity contribution is 6.00. The van der Waals surface area contributed by atoms with E-state index < -0.39 is 5.91 Å². The first-order chi connectivity index (χ1) is 17.0. The summed E-state index contributed by atoms with van der Waals surface area (Å²) in [6, 6.07) is 14.7. The number of primary amides is 1. The van der Waals surface area contributed by atoms with Crippen molar-refractivity contribution in [1.29, 1.82) is 0 Å². The van der Waals surface area contributed by atoms with Crippen molar-refractivity contribution in [2.75, 3.05) is 43.0 Å². The van der Waals surface area contributed by atoms with Gasteiger partial charge in [0, 0.05) is 37.7 Å². The molecule has 0 bridgehead atoms. The van der Waals surface area contributed by atoms with Crippen LogP contribution in [-0.2, 0) is 9.59 Å². The van der Waals surface area contributed by atoms with E-state index in [1.54, 1.807) is 12.1 Å². The van der Waals surface area contributed by atoms with Gasteiger partial charge in [-0.05, 0) is 62.4 Å². The molecule has 2 fully saturated rings. The minimum atomic E-state index is -0.520. The number of nitrogens with two attached hydrogens (primary N) is 1. The molecule has 2 aromatic carbocycles. The molecule has 2 aliphatic heterocycles. The van der Waals surface area contributed by atoms with Gasteiger partial charge in [0.05, 0.1) is 24.4 Å². The fourth-order valence-corrected chi connectivity index (χ4v) is 4.76. The molecule has 0 radical (unpaired) electrons. The van der Waals surface area contributed by atoms with Crippen LogP contribution >= 0.6 is 0 Å². The predicted octanol–water partition coefficient (Wildman–Crippen LogP) is 3.42. The molecule has 0 atom stereocenters. The van der Waals surface area contributed by atoms with Crippen molar-refractivity contribution in [3.63, 3.8) is 0 Å². The van der Waals surface area contributed by atoms with Crippen LogP contribution in [0.2, 0.25) is 0 Å². The number of ether oxygens (including phenoxy) is 1. The van der Waals surface area contributed by atoms with Gasteiger partial charge in [0.1, 0.15) is 5.75 Å². The SMILES string of the molecule is NC(=O)c1ccc(N2CCCCC2)c(NC(=O)C2CCN(C(=O)CCOc3ccccc3)CC2)c1. The molecule has 35 heavy (non-hydrogen) atoms. The van der Waals surface area contributed by atoms with Crippen LogP contribution in [0, 0.1) is 5.92 Å². The number of carbonyl (C=O) groups is 3. The fourth-order valence-electron chi connectivity index (χ4n) is 4.76. The Morgan fingerprint density at radius 3 is 2.34 bits per heavy atom. The molecule has 3 N–H and O–H groups in total. The van der Waals surface area contributed by atoms with Crippen LogP contribution in [0.4, 0.5) is 11.4 Å². The summed E-state index contributed by atoms with van der Waals surface area (Å²) in [5.41, 5.74) is 7.41. The number of nitrogens with one attached hydrogen (secondary N) is 1. The summed E-state index contributed by atoms with van der Waals surface area (Å²) >= 11 is 0. The van der Waals surface area contributed by atoms with Crippen molar-refractivity contribution in [1.82, 2.24) is 4.90 Å². The first-order valence-electron chi connectivity index (χ1n) is 12.5. The van der Waals surface area contributed by atoms with Crippen molar-refractivity contribution < 1.29 is 19.1 Å². The Labute approximate surface area is 206 Å². The monoisotopic (exact) mass is 478 g/mol. The topological polar surface area (TPSA) is 105 Å². The number of anilines is 2. The molecule has 0 saturated carbocycles. The van der Waals surface area contributed by atoms with Crippen molar-refractivity contribution in [3.05, 3.63) is 54.1 Å². The zero-order valence-electron chi connectivity index (χ0n) is 20.1. The molecule has 4 rings (SSSR count). The molecule has 0 aliphatic carbocycles. The Morgan fingerprint density at radius 1 is 0.943 bits per heavy atom. The van der Waals surface area contributed by atoms with Gasteiger partial charge in [-0.25, -0.2) is 0 Å². The lowest BCUT2D eigenvalue weighted by molar-refractivity contribution is -0.135. The second kappa shape index (κ2) is 11.7. The minimum Gasteiger partial charge on any atom is -0.493 e. The third kappa shape index (κ3) is 6.53. The number of para-hydroxylation sites is 1. The molecule has 2 saturated heterocycles. The first-order valence-corrected chi connectivity index (χ1v) is 12.5. The lowest BCUT2D eigenvalue weighted by Gasteiger charge is -2.33. The highest BCUT2D eigenvalue weighted by Crippen LogP contribution is 2.31. The second-order valence-electron chi connectivity index (χ2n) is 9.20. The zero-order chi connectivity index (χ0) is 24.6. The summed E-state index contributed by atoms with van der Waals surface area (Å²) in [5.74, 6) is 0.00514. The van der Waals surface area contributed by atoms with Crippen LogP contribution in [0.5, 0.6) is 5.75 Å². The molecule has 2 heterocycles. The van der Waals surface area contributed by atoms with Gasteiger partial charge in [0.2, 0.25) is 17.7 Å². The molecule has 0 spiro atoms. The number of nitrogens with zero attached hydrogens (tertiary/aromatic N) is 2. The minimum absolute atomic E-state index is 0.0429. The summed E-state index contributed by atoms with van der Waals surface area (Å²) in [6.45, 7) is 3.27. The standard InChI is InChI=1S/C27H34N4O4/c28-26(33)21-9-10-24(30-14-5-2-6-15-30)23(19-21)29-27(34)20-11-16-31(17-12-20)25(32)13-18-35-22-7-3-1-4-8-22/h1,3-4,7-10,19-20H,2,5-6,11-18H2,(H2,28,33)(H,29,34). The summed E-state index contributed by atoms with van der Waals surface area (Å²) in [4.78, 5) is 41.5. The van der Waals surface area contributed by atoms with Crippen LogP contribution < -0.4 is 20.7 Å². The number of benzene rings is 2. The summed E-state index contributed by atoms with van der Waals surface area (Å²) in [6.07, 6.45) is 4.93. The maximum absolute atomic E-state index is 13.1. The van der Waals surface area contributed by atoms with Gasteiger partial charge in [-0.15, -0.1) is 0 Å². The highest BCUT2D eigenvalue weighted by Gasteiger charge is 2.28. The van der Waals surface area contributed by atoms with E-state index in [0.717, 1.165) is 37.4 Å². The van der Waals surface area contributed by atoms with E-state index in [0.29, 0.717) is 50.2 Å². The van der Waals surface area contributed by atoms with E-state index in [9.17, 15) is 14.4 Å². The maximum atomic E-state index is 13.1. The van der Waals surface area contributed by atoms with E-state index >= 15 is 0 Å². The highest BCUT2D eigenvalue weighted by atomic mass is 16.5. The van der Waals surface area contributed by atoms with E-state index in [1.807, 2.05) is 41.3 Å². The van der Waals surface area contributed by atoms with Crippen LogP contribution in [0.25, 0.3) is 0 Å². The molecule has 8 heteroatoms. The Bertz CT molecular complexity index is 1030. The van der Waals surface area contributed by atoms with Crippen LogP contribution in [-0.4, -0.2) is 55.4 Å². The molecule has 0 aromatic heterocycles. The maximum Gasteiger partial charge on any atom is 0.248 e. The van der Waals surface area contributed by atoms with Crippen LogP contribution in [0.3, 0.4) is 0 Å². The number of piperidine rings is 2. The smallest absolute Gasteiger partial charge is 0.248 e. The number of rotatable bonds is 8. The lowest BCUT2D eigenvalue weighted by atomic mass is 9.95. The summed E-state index contributed by atoms with van der Waals surface area (Å²) in [5, 5.41) is 3.06. The molecule has 8 nitrogen and oxygen atoms in total. The Hall–Kier alpha value is -3.55. The van der Waals surface area contributed by atoms with Gasteiger partial charge in [-0.3, -0.25) is 14.4 Å². The van der Waals surface area contributed by atoms with Crippen LogP contribution in [0.1, 0.15) is 48.9 Å². The summed E-state index contributed by atoms with van der Waals surface area (Å²) in [7, 11) is 0. The molecular weight excluding hydrogens is 444 g/mol. The van der Waals surface area contributed by atoms with E-state index in [4.69, 9.17) is 10.5 Å². The van der Waals surface area contributed by atoms with E-state index in [2.05, 4.69) is 10.2 Å². The lowest BCUT2D eigenvalue weighted by Crippen LogP contribution is -2.42. The first kappa shape index (κ1) is 24.6. The third-order valence-electron chi connectivity index (χ3n) is 6.78. The number of hydrogen-bond acceptors (Lipinski definition) is 5. The fraction of sp³-hybridized carbons (Fsp3) is 0.444. The van der Waals surface area contributed by atoms with Gasteiger partial charge in [0.25, 0.3) is 0 Å². The molecule has 0 unspecified atom stereocenters. The second-order valence-corrected chi connectivity index (χ2v) is 9.20. The van der Waals surface area contributed by atoms with Crippen LogP contribution in [0.15, 0.2) is 48.5 Å². The predicted molar refractivity (Wildman–Crippen MR) is 136 cm³/mol. The third-order valence-corrected chi connectivity index (χ3v) is 6.78. The number of likely N-dealkylation sites (tertiary alicyclic amines) is 1. The molecule has 186 valence electrons. The molecule has 3 amide bonds. The van der Waals surface area contributed by atoms with E-state index in [-0.39, 0.29) is 17.7 Å². The number of amides is 3. The Morgan fingerprint density at radius 2 is 1.66 bits per heavy atom. The zero-order valence-corrected chi connectivity index (χ0v) is 20.1. The van der Waals surface area contributed by atoms with Gasteiger partial charge in [-0.1, -0.05) is 18.2 Å². The van der Waals surface area contributed by atoms with Gasteiger partial charge >= 0.3 is 0 Å². The molecule has 2 aromatic rings. The van der Waals surface area contributed by atoms with Crippen molar-refractivity contribution in [2.24, 2.45) is 11.7 Å². The largest absolute Gasteiger partial charge is 0.493 e. The van der Waals surface area contributed by atoms with Gasteiger partial charge in [0.15, 0.2) is 0 Å². The van der Waals surface area contributed by atoms with Crippen molar-refractivity contribution in [3.8, 4) is 5.75 Å². The van der Waals surface area contributed by atoms with Crippen molar-refractivity contribution in [2.45, 2.75) is 38.5 Å². The van der Waals surface area contributed by atoms with E-state index in [1.165, 1.54) is 6.42 Å². The average Bonchev–Trinajstić information content (AvgIpc) is 2.89. The van der Waals surface area contributed by atoms with Crippen molar-refractivity contribution >= 4 is 29.1 Å². The Kier molecular flexibility index (Phi) is 8.23. The summed E-state index contributed by atoms with van der Waals surface area (Å²) < 4.78 is 5.63. The normalized spacial score (nSPS) is 16.6. The molecular formula is C27H34N4O4. The quantitative estimate of drug-likeness (QED) is 0.605.